The second kappa shape index (κ2) is 5.52. The Balaban J connectivity index is 2.21. The van der Waals surface area contributed by atoms with Crippen LogP contribution in [0.2, 0.25) is 0 Å². The Morgan fingerprint density at radius 3 is 2.14 bits per heavy atom. The second-order valence-corrected chi connectivity index (χ2v) is 5.36. The lowest BCUT2D eigenvalue weighted by atomic mass is 9.99. The molecule has 2 aromatic carbocycles. The van der Waals surface area contributed by atoms with Gasteiger partial charge < -0.3 is 4.74 Å². The Morgan fingerprint density at radius 2 is 1.52 bits per heavy atom. The molecule has 3 aromatic rings. The average Bonchev–Trinajstić information content (AvgIpc) is 2.54. The predicted octanol–water partition coefficient (Wildman–Crippen LogP) is 4.43. The fourth-order valence-corrected chi connectivity index (χ4v) is 2.51. The van der Waals surface area contributed by atoms with E-state index in [4.69, 9.17) is 4.74 Å². The van der Waals surface area contributed by atoms with Crippen LogP contribution in [0, 0.1) is 0 Å². The third kappa shape index (κ3) is 2.47. The minimum absolute atomic E-state index is 0.354. The summed E-state index contributed by atoms with van der Waals surface area (Å²) in [6, 6.07) is 16.2. The van der Waals surface area contributed by atoms with Gasteiger partial charge in [-0.2, -0.15) is 5.10 Å². The molecule has 0 aliphatic carbocycles. The highest BCUT2D eigenvalue weighted by atomic mass is 16.5. The topological polar surface area (TPSA) is 35.0 Å². The Labute approximate surface area is 124 Å². The Morgan fingerprint density at radius 1 is 0.857 bits per heavy atom. The minimum Gasteiger partial charge on any atom is -0.497 e. The number of hydrogen-bond acceptors (Lipinski definition) is 3. The van der Waals surface area contributed by atoms with Crippen LogP contribution in [0.3, 0.4) is 0 Å². The molecule has 1 heterocycles. The lowest BCUT2D eigenvalue weighted by Gasteiger charge is -2.11. The van der Waals surface area contributed by atoms with Crippen LogP contribution in [0.1, 0.15) is 25.5 Å². The number of benzene rings is 2. The van der Waals surface area contributed by atoms with Crippen molar-refractivity contribution in [3.63, 3.8) is 0 Å². The van der Waals surface area contributed by atoms with Gasteiger partial charge in [0, 0.05) is 16.3 Å². The van der Waals surface area contributed by atoms with Gasteiger partial charge in [0.05, 0.1) is 12.8 Å². The van der Waals surface area contributed by atoms with Crippen molar-refractivity contribution in [1.29, 1.82) is 0 Å². The lowest BCUT2D eigenvalue weighted by Crippen LogP contribution is -1.99. The molecule has 0 fully saturated rings. The Hall–Kier alpha value is -2.42. The molecule has 0 bridgehead atoms. The molecule has 0 saturated carbocycles. The summed E-state index contributed by atoms with van der Waals surface area (Å²) in [6.45, 7) is 4.28. The highest BCUT2D eigenvalue weighted by molar-refractivity contribution is 5.95. The lowest BCUT2D eigenvalue weighted by molar-refractivity contribution is 0.415. The van der Waals surface area contributed by atoms with Crippen molar-refractivity contribution >= 4 is 10.8 Å². The van der Waals surface area contributed by atoms with Gasteiger partial charge in [-0.05, 0) is 30.2 Å². The van der Waals surface area contributed by atoms with Crippen molar-refractivity contribution in [3.8, 4) is 17.0 Å². The van der Waals surface area contributed by atoms with E-state index in [1.807, 2.05) is 36.4 Å². The number of nitrogens with zero attached hydrogens (tertiary/aromatic N) is 2. The minimum atomic E-state index is 0.354. The van der Waals surface area contributed by atoms with Gasteiger partial charge in [-0.15, -0.1) is 5.10 Å². The fraction of sp³-hybridized carbons (Fsp3) is 0.222. The van der Waals surface area contributed by atoms with Crippen LogP contribution in [0.15, 0.2) is 48.5 Å². The van der Waals surface area contributed by atoms with E-state index in [0.29, 0.717) is 5.92 Å². The molecular weight excluding hydrogens is 260 g/mol. The summed E-state index contributed by atoms with van der Waals surface area (Å²) in [5, 5.41) is 11.2. The van der Waals surface area contributed by atoms with Crippen LogP contribution in [0.25, 0.3) is 22.0 Å². The van der Waals surface area contributed by atoms with Gasteiger partial charge >= 0.3 is 0 Å². The van der Waals surface area contributed by atoms with Crippen LogP contribution in [-0.4, -0.2) is 17.3 Å². The van der Waals surface area contributed by atoms with Crippen molar-refractivity contribution in [2.45, 2.75) is 19.8 Å². The standard InChI is InChI=1S/C18H18N2O/c1-12(2)17-15-6-4-5-7-16(15)18(20-19-17)13-8-10-14(21-3)11-9-13/h4-12H,1-3H3. The summed E-state index contributed by atoms with van der Waals surface area (Å²) in [6.07, 6.45) is 0. The highest BCUT2D eigenvalue weighted by Crippen LogP contribution is 2.30. The van der Waals surface area contributed by atoms with Gasteiger partial charge in [-0.25, -0.2) is 0 Å². The van der Waals surface area contributed by atoms with E-state index in [2.05, 4.69) is 36.2 Å². The molecule has 0 N–H and O–H groups in total. The van der Waals surface area contributed by atoms with Crippen molar-refractivity contribution in [2.75, 3.05) is 7.11 Å². The number of aromatic nitrogens is 2. The van der Waals surface area contributed by atoms with Gasteiger partial charge in [0.15, 0.2) is 0 Å². The van der Waals surface area contributed by atoms with Gasteiger partial charge in [-0.3, -0.25) is 0 Å². The number of ether oxygens (including phenoxy) is 1. The summed E-state index contributed by atoms with van der Waals surface area (Å²) in [7, 11) is 1.67. The van der Waals surface area contributed by atoms with Crippen molar-refractivity contribution in [2.24, 2.45) is 0 Å². The summed E-state index contributed by atoms with van der Waals surface area (Å²) in [5.74, 6) is 1.20. The molecular formula is C18H18N2O. The average molecular weight is 278 g/mol. The van der Waals surface area contributed by atoms with Gasteiger partial charge in [-0.1, -0.05) is 38.1 Å². The highest BCUT2D eigenvalue weighted by Gasteiger charge is 2.12. The molecule has 1 aromatic heterocycles. The molecule has 3 nitrogen and oxygen atoms in total. The molecule has 0 unspecified atom stereocenters. The van der Waals surface area contributed by atoms with E-state index < -0.39 is 0 Å². The van der Waals surface area contributed by atoms with E-state index in [1.54, 1.807) is 7.11 Å². The third-order valence-corrected chi connectivity index (χ3v) is 3.63. The first-order valence-electron chi connectivity index (χ1n) is 7.10. The first kappa shape index (κ1) is 13.6. The number of fused-ring (bicyclic) bond motifs is 1. The van der Waals surface area contributed by atoms with Crippen LogP contribution in [0.4, 0.5) is 0 Å². The van der Waals surface area contributed by atoms with Crippen LogP contribution in [-0.2, 0) is 0 Å². The number of methoxy groups -OCH3 is 1. The number of hydrogen-bond donors (Lipinski definition) is 0. The Kier molecular flexibility index (Phi) is 3.57. The summed E-state index contributed by atoms with van der Waals surface area (Å²) in [4.78, 5) is 0. The first-order chi connectivity index (χ1) is 10.2. The van der Waals surface area contributed by atoms with E-state index >= 15 is 0 Å². The first-order valence-corrected chi connectivity index (χ1v) is 7.10. The van der Waals surface area contributed by atoms with Gasteiger partial charge in [0.25, 0.3) is 0 Å². The third-order valence-electron chi connectivity index (χ3n) is 3.63. The van der Waals surface area contributed by atoms with Crippen LogP contribution < -0.4 is 4.74 Å². The summed E-state index contributed by atoms with van der Waals surface area (Å²) < 4.78 is 5.21. The molecule has 106 valence electrons. The van der Waals surface area contributed by atoms with Crippen LogP contribution >= 0.6 is 0 Å². The summed E-state index contributed by atoms with van der Waals surface area (Å²) in [5.41, 5.74) is 3.01. The zero-order valence-corrected chi connectivity index (χ0v) is 12.5. The molecule has 0 aliphatic rings. The van der Waals surface area contributed by atoms with Crippen molar-refractivity contribution in [1.82, 2.24) is 10.2 Å². The maximum Gasteiger partial charge on any atom is 0.118 e. The van der Waals surface area contributed by atoms with Crippen molar-refractivity contribution in [3.05, 3.63) is 54.2 Å². The predicted molar refractivity (Wildman–Crippen MR) is 85.6 cm³/mol. The van der Waals surface area contributed by atoms with E-state index in [0.717, 1.165) is 28.1 Å². The monoisotopic (exact) mass is 278 g/mol. The smallest absolute Gasteiger partial charge is 0.118 e. The SMILES string of the molecule is COc1ccc(-c2nnc(C(C)C)c3ccccc23)cc1. The number of rotatable bonds is 3. The zero-order chi connectivity index (χ0) is 14.8. The quantitative estimate of drug-likeness (QED) is 0.711. The van der Waals surface area contributed by atoms with Gasteiger partial charge in [0.1, 0.15) is 11.4 Å². The van der Waals surface area contributed by atoms with Gasteiger partial charge in [0.2, 0.25) is 0 Å². The second-order valence-electron chi connectivity index (χ2n) is 5.36. The van der Waals surface area contributed by atoms with Crippen molar-refractivity contribution < 1.29 is 4.74 Å². The van der Waals surface area contributed by atoms with E-state index in [-0.39, 0.29) is 0 Å². The fourth-order valence-electron chi connectivity index (χ4n) is 2.51. The molecule has 3 rings (SSSR count). The zero-order valence-electron chi connectivity index (χ0n) is 12.5. The largest absolute Gasteiger partial charge is 0.497 e. The molecule has 0 saturated heterocycles. The van der Waals surface area contributed by atoms with E-state index in [1.165, 1.54) is 5.39 Å². The van der Waals surface area contributed by atoms with E-state index in [9.17, 15) is 0 Å². The molecule has 0 aliphatic heterocycles. The molecule has 0 atom stereocenters. The normalized spacial score (nSPS) is 11.0. The molecule has 0 amide bonds. The summed E-state index contributed by atoms with van der Waals surface area (Å²) >= 11 is 0. The molecule has 3 heteroatoms. The molecule has 21 heavy (non-hydrogen) atoms. The maximum absolute atomic E-state index is 5.21. The molecule has 0 spiro atoms. The maximum atomic E-state index is 5.21. The Bertz CT molecular complexity index is 764. The molecule has 0 radical (unpaired) electrons. The van der Waals surface area contributed by atoms with Crippen LogP contribution in [0.5, 0.6) is 5.75 Å².